The van der Waals surface area contributed by atoms with Crippen molar-refractivity contribution in [2.75, 3.05) is 39.6 Å². The zero-order valence-corrected chi connectivity index (χ0v) is 30.5. The molecule has 1 amide bonds. The molecule has 0 saturated carbocycles. The monoisotopic (exact) mass is 754 g/mol. The molecule has 14 heteroatoms. The molecule has 12 nitrogen and oxygen atoms in total. The van der Waals surface area contributed by atoms with Crippen LogP contribution in [0.2, 0.25) is 5.02 Å². The summed E-state index contributed by atoms with van der Waals surface area (Å²) in [5.74, 6) is -0.0328. The summed E-state index contributed by atoms with van der Waals surface area (Å²) < 4.78 is 19.2. The minimum absolute atomic E-state index is 0.0699. The number of nitrogens with one attached hydrogen (secondary N) is 2. The number of pyridine rings is 1. The second kappa shape index (κ2) is 18.6. The highest BCUT2D eigenvalue weighted by molar-refractivity contribution is 6.32. The van der Waals surface area contributed by atoms with E-state index >= 15 is 0 Å². The predicted molar refractivity (Wildman–Crippen MR) is 197 cm³/mol. The summed E-state index contributed by atoms with van der Waals surface area (Å²) in [7, 11) is 0. The van der Waals surface area contributed by atoms with E-state index < -0.39 is 34.6 Å². The number of alkyl halides is 1. The molecule has 3 unspecified atom stereocenters. The molecular formula is C38H44Cl2N4O8. The largest absolute Gasteiger partial charge is 0.488 e. The van der Waals surface area contributed by atoms with Crippen LogP contribution in [0.15, 0.2) is 79.2 Å². The number of rotatable bonds is 19. The van der Waals surface area contributed by atoms with E-state index in [2.05, 4.69) is 21.7 Å². The molecule has 6 N–H and O–H groups in total. The molecule has 1 heterocycles. The van der Waals surface area contributed by atoms with Gasteiger partial charge in [-0.3, -0.25) is 9.78 Å². The van der Waals surface area contributed by atoms with Gasteiger partial charge in [0.05, 0.1) is 35.9 Å². The third-order valence-corrected chi connectivity index (χ3v) is 9.57. The number of aliphatic hydroxyl groups excluding tert-OH is 4. The van der Waals surface area contributed by atoms with Gasteiger partial charge in [0.2, 0.25) is 0 Å². The van der Waals surface area contributed by atoms with Crippen LogP contribution >= 0.6 is 23.2 Å². The normalized spacial score (nSPS) is 19.0. The number of allylic oxidation sites excluding steroid dienone is 2. The SMILES string of the molecule is CC(CO)(CO)NCc1cc(Cl)c(OCC2(OCCCNC(=O)C(O)CO)C=CC=C(c3ccccc3)C2(C)Cl)cc1OCc1cncc(C#N)c1. The molecule has 4 rings (SSSR count). The van der Waals surface area contributed by atoms with Crippen LogP contribution in [0, 0.1) is 11.3 Å². The maximum atomic E-state index is 11.9. The Morgan fingerprint density at radius 2 is 1.85 bits per heavy atom. The number of hydrogen-bond donors (Lipinski definition) is 6. The fraction of sp³-hybridized carbons (Fsp3) is 0.395. The second-order valence-corrected chi connectivity index (χ2v) is 13.9. The van der Waals surface area contributed by atoms with E-state index in [1.165, 1.54) is 6.20 Å². The zero-order chi connectivity index (χ0) is 37.8. The molecule has 1 aliphatic rings. The number of hydrogen-bond acceptors (Lipinski definition) is 11. The minimum Gasteiger partial charge on any atom is -0.488 e. The number of halogens is 2. The van der Waals surface area contributed by atoms with Gasteiger partial charge >= 0.3 is 0 Å². The Labute approximate surface area is 313 Å². The highest BCUT2D eigenvalue weighted by atomic mass is 35.5. The van der Waals surface area contributed by atoms with Gasteiger partial charge in [-0.25, -0.2) is 0 Å². The van der Waals surface area contributed by atoms with Crippen molar-refractivity contribution in [2.24, 2.45) is 0 Å². The first-order valence-corrected chi connectivity index (χ1v) is 17.4. The molecule has 3 aromatic rings. The first-order valence-electron chi connectivity index (χ1n) is 16.6. The first-order chi connectivity index (χ1) is 24.9. The van der Waals surface area contributed by atoms with Gasteiger partial charge in [0.1, 0.15) is 41.3 Å². The van der Waals surface area contributed by atoms with E-state index in [1.807, 2.05) is 55.5 Å². The van der Waals surface area contributed by atoms with E-state index in [0.29, 0.717) is 28.9 Å². The maximum Gasteiger partial charge on any atom is 0.251 e. The molecule has 1 aliphatic carbocycles. The molecule has 3 atom stereocenters. The molecule has 52 heavy (non-hydrogen) atoms. The van der Waals surface area contributed by atoms with E-state index in [9.17, 15) is 25.4 Å². The minimum atomic E-state index is -1.51. The number of nitriles is 1. The van der Waals surface area contributed by atoms with E-state index in [-0.39, 0.29) is 56.9 Å². The van der Waals surface area contributed by atoms with Gasteiger partial charge in [0, 0.05) is 49.3 Å². The lowest BCUT2D eigenvalue weighted by molar-refractivity contribution is -0.131. The lowest BCUT2D eigenvalue weighted by Crippen LogP contribution is -2.55. The van der Waals surface area contributed by atoms with Crippen molar-refractivity contribution in [1.29, 1.82) is 5.26 Å². The van der Waals surface area contributed by atoms with Crippen LogP contribution in [0.5, 0.6) is 11.5 Å². The smallest absolute Gasteiger partial charge is 0.251 e. The van der Waals surface area contributed by atoms with Crippen LogP contribution in [0.4, 0.5) is 0 Å². The molecule has 0 aliphatic heterocycles. The first kappa shape index (κ1) is 40.7. The number of carbonyl (C=O) groups excluding carboxylic acids is 1. The number of carbonyl (C=O) groups is 1. The lowest BCUT2D eigenvalue weighted by Gasteiger charge is -2.45. The van der Waals surface area contributed by atoms with Gasteiger partial charge in [-0.1, -0.05) is 54.1 Å². The molecular weight excluding hydrogens is 711 g/mol. The topological polar surface area (TPSA) is 186 Å². The van der Waals surface area contributed by atoms with Crippen molar-refractivity contribution in [3.8, 4) is 17.6 Å². The van der Waals surface area contributed by atoms with Gasteiger partial charge in [0.15, 0.2) is 6.10 Å². The predicted octanol–water partition coefficient (Wildman–Crippen LogP) is 3.66. The Morgan fingerprint density at radius 1 is 1.10 bits per heavy atom. The molecule has 0 bridgehead atoms. The zero-order valence-electron chi connectivity index (χ0n) is 29.0. The highest BCUT2D eigenvalue weighted by Crippen LogP contribution is 2.47. The van der Waals surface area contributed by atoms with Gasteiger partial charge in [-0.2, -0.15) is 5.26 Å². The van der Waals surface area contributed by atoms with E-state index in [1.54, 1.807) is 31.3 Å². The quantitative estimate of drug-likeness (QED) is 0.0775. The van der Waals surface area contributed by atoms with Gasteiger partial charge < -0.3 is 45.3 Å². The molecule has 0 radical (unpaired) electrons. The summed E-state index contributed by atoms with van der Waals surface area (Å²) >= 11 is 14.3. The number of amides is 1. The average molecular weight is 756 g/mol. The second-order valence-electron chi connectivity index (χ2n) is 12.8. The average Bonchev–Trinajstić information content (AvgIpc) is 3.16. The standard InChI is InChI=1S/C38H44Cl2N4O8/c1-36(23-46,24-47)44-20-29-15-31(39)34(16-33(29)50-22-27-14-26(17-41)18-42-19-27)51-25-38(52-13-7-12-43-35(49)32(48)21-45)11-6-10-30(37(38,2)40)28-8-4-3-5-9-28/h3-6,8-11,14-16,18-19,32,44-48H,7,12-13,20-25H2,1-2H3,(H,43,49). The van der Waals surface area contributed by atoms with Crippen LogP contribution in [0.25, 0.3) is 5.57 Å². The highest BCUT2D eigenvalue weighted by Gasteiger charge is 2.51. The van der Waals surface area contributed by atoms with Gasteiger partial charge in [0.25, 0.3) is 5.91 Å². The lowest BCUT2D eigenvalue weighted by atomic mass is 9.76. The number of ether oxygens (including phenoxy) is 3. The molecule has 2 aromatic carbocycles. The Morgan fingerprint density at radius 3 is 2.54 bits per heavy atom. The molecule has 0 saturated heterocycles. The number of aliphatic hydroxyl groups is 4. The third-order valence-electron chi connectivity index (χ3n) is 8.75. The van der Waals surface area contributed by atoms with Crippen molar-refractivity contribution in [3.05, 3.63) is 106 Å². The Hall–Kier alpha value is -4.03. The summed E-state index contributed by atoms with van der Waals surface area (Å²) in [5, 5.41) is 53.6. The van der Waals surface area contributed by atoms with Crippen molar-refractivity contribution < 1.29 is 39.4 Å². The Balaban J connectivity index is 1.63. The van der Waals surface area contributed by atoms with Gasteiger partial charge in [-0.15, -0.1) is 11.6 Å². The van der Waals surface area contributed by atoms with E-state index in [4.69, 9.17) is 42.5 Å². The summed E-state index contributed by atoms with van der Waals surface area (Å²) in [6.45, 7) is 2.67. The van der Waals surface area contributed by atoms with E-state index in [0.717, 1.165) is 11.1 Å². The van der Waals surface area contributed by atoms with Crippen LogP contribution in [0.3, 0.4) is 0 Å². The molecule has 0 spiro atoms. The summed E-state index contributed by atoms with van der Waals surface area (Å²) in [5.41, 5.74) is 1.11. The number of nitrogens with zero attached hydrogens (tertiary/aromatic N) is 2. The summed E-state index contributed by atoms with van der Waals surface area (Å²) in [6.07, 6.45) is 7.49. The van der Waals surface area contributed by atoms with Crippen molar-refractivity contribution in [1.82, 2.24) is 15.6 Å². The molecule has 278 valence electrons. The van der Waals surface area contributed by atoms with Crippen LogP contribution < -0.4 is 20.1 Å². The molecule has 0 fully saturated rings. The summed E-state index contributed by atoms with van der Waals surface area (Å²) in [6, 6.07) is 16.7. The fourth-order valence-electron chi connectivity index (χ4n) is 5.38. The van der Waals surface area contributed by atoms with Crippen LogP contribution in [-0.2, 0) is 22.7 Å². The third kappa shape index (κ3) is 10.1. The number of benzene rings is 2. The number of aromatic nitrogens is 1. The van der Waals surface area contributed by atoms with Crippen molar-refractivity contribution in [3.63, 3.8) is 0 Å². The van der Waals surface area contributed by atoms with Crippen molar-refractivity contribution in [2.45, 2.75) is 55.5 Å². The van der Waals surface area contributed by atoms with Crippen LogP contribution in [-0.4, -0.2) is 93.0 Å². The summed E-state index contributed by atoms with van der Waals surface area (Å²) in [4.78, 5) is 14.9. The Kier molecular flexibility index (Phi) is 14.6. The van der Waals surface area contributed by atoms with Gasteiger partial charge in [-0.05, 0) is 49.6 Å². The maximum absolute atomic E-state index is 11.9. The van der Waals surface area contributed by atoms with Crippen molar-refractivity contribution >= 4 is 34.7 Å². The van der Waals surface area contributed by atoms with Crippen LogP contribution in [0.1, 0.15) is 42.5 Å². The fourth-order valence-corrected chi connectivity index (χ4v) is 5.96. The Bertz CT molecular complexity index is 1760. The molecule has 1 aromatic heterocycles.